The Labute approximate surface area is 109 Å². The highest BCUT2D eigenvalue weighted by Crippen LogP contribution is 2.28. The number of methoxy groups -OCH3 is 1. The monoisotopic (exact) mass is 250 g/mol. The quantitative estimate of drug-likeness (QED) is 0.659. The van der Waals surface area contributed by atoms with Gasteiger partial charge in [-0.25, -0.2) is 4.79 Å². The van der Waals surface area contributed by atoms with Gasteiger partial charge in [0, 0.05) is 12.1 Å². The summed E-state index contributed by atoms with van der Waals surface area (Å²) in [6.45, 7) is 8.47. The van der Waals surface area contributed by atoms with Crippen molar-refractivity contribution in [3.8, 4) is 0 Å². The van der Waals surface area contributed by atoms with Crippen LogP contribution in [0.4, 0.5) is 11.4 Å². The lowest BCUT2D eigenvalue weighted by atomic mass is 10.1. The molecule has 0 saturated heterocycles. The van der Waals surface area contributed by atoms with Crippen molar-refractivity contribution in [2.75, 3.05) is 17.7 Å². The number of carbonyl (C=O) groups excluding carboxylic acids is 1. The molecule has 4 heteroatoms. The van der Waals surface area contributed by atoms with E-state index in [1.807, 2.05) is 6.07 Å². The summed E-state index contributed by atoms with van der Waals surface area (Å²) < 4.78 is 4.68. The van der Waals surface area contributed by atoms with Gasteiger partial charge in [-0.3, -0.25) is 0 Å². The van der Waals surface area contributed by atoms with Crippen molar-refractivity contribution in [3.63, 3.8) is 0 Å². The Balaban J connectivity index is 3.15. The van der Waals surface area contributed by atoms with Gasteiger partial charge in [0.25, 0.3) is 0 Å². The van der Waals surface area contributed by atoms with Crippen LogP contribution in [0.1, 0.15) is 38.1 Å². The normalized spacial score (nSPS) is 10.8. The molecule has 0 aliphatic rings. The molecular formula is C14H22N2O2. The van der Waals surface area contributed by atoms with Crippen LogP contribution in [-0.4, -0.2) is 25.2 Å². The lowest BCUT2D eigenvalue weighted by molar-refractivity contribution is 0.0601. The Hall–Kier alpha value is -1.71. The zero-order valence-corrected chi connectivity index (χ0v) is 11.7. The molecule has 0 heterocycles. The summed E-state index contributed by atoms with van der Waals surface area (Å²) in [6, 6.07) is 5.98. The van der Waals surface area contributed by atoms with Gasteiger partial charge in [-0.05, 0) is 45.9 Å². The van der Waals surface area contributed by atoms with Gasteiger partial charge >= 0.3 is 5.97 Å². The number of anilines is 2. The van der Waals surface area contributed by atoms with Crippen molar-refractivity contribution < 1.29 is 9.53 Å². The van der Waals surface area contributed by atoms with Crippen molar-refractivity contribution in [1.82, 2.24) is 0 Å². The molecular weight excluding hydrogens is 228 g/mol. The largest absolute Gasteiger partial charge is 0.465 e. The first-order chi connectivity index (χ1) is 8.38. The zero-order valence-electron chi connectivity index (χ0n) is 11.7. The Morgan fingerprint density at radius 2 is 1.78 bits per heavy atom. The predicted octanol–water partition coefficient (Wildman–Crippen LogP) is 2.68. The van der Waals surface area contributed by atoms with Crippen molar-refractivity contribution in [2.24, 2.45) is 0 Å². The molecule has 0 saturated carbocycles. The third kappa shape index (κ3) is 2.94. The molecule has 1 aromatic rings. The molecule has 100 valence electrons. The minimum atomic E-state index is -0.367. The molecule has 0 fully saturated rings. The molecule has 0 bridgehead atoms. The van der Waals surface area contributed by atoms with Crippen molar-refractivity contribution in [1.29, 1.82) is 0 Å². The van der Waals surface area contributed by atoms with E-state index < -0.39 is 0 Å². The van der Waals surface area contributed by atoms with Crippen LogP contribution < -0.4 is 10.6 Å². The van der Waals surface area contributed by atoms with Gasteiger partial charge in [-0.2, -0.15) is 0 Å². The standard InChI is InChI=1S/C14H22N2O2/c1-9(2)16(10(3)4)13-7-6-11(8-12(13)15)14(17)18-5/h6-10H,15H2,1-5H3. The fraction of sp³-hybridized carbons (Fsp3) is 0.500. The topological polar surface area (TPSA) is 55.6 Å². The van der Waals surface area contributed by atoms with E-state index in [0.717, 1.165) is 5.69 Å². The second-order valence-corrected chi connectivity index (χ2v) is 4.86. The summed E-state index contributed by atoms with van der Waals surface area (Å²) in [4.78, 5) is 13.6. The number of hydrogen-bond acceptors (Lipinski definition) is 4. The molecule has 0 aliphatic heterocycles. The first-order valence-electron chi connectivity index (χ1n) is 6.14. The Kier molecular flexibility index (Phi) is 4.59. The second-order valence-electron chi connectivity index (χ2n) is 4.86. The minimum Gasteiger partial charge on any atom is -0.465 e. The average Bonchev–Trinajstić information content (AvgIpc) is 2.29. The van der Waals surface area contributed by atoms with E-state index in [1.165, 1.54) is 7.11 Å². The lowest BCUT2D eigenvalue weighted by Gasteiger charge is -2.34. The van der Waals surface area contributed by atoms with Gasteiger partial charge in [0.05, 0.1) is 24.0 Å². The van der Waals surface area contributed by atoms with E-state index in [0.29, 0.717) is 23.3 Å². The van der Waals surface area contributed by atoms with Crippen LogP contribution >= 0.6 is 0 Å². The molecule has 1 rings (SSSR count). The van der Waals surface area contributed by atoms with E-state index in [9.17, 15) is 4.79 Å². The first kappa shape index (κ1) is 14.4. The number of benzene rings is 1. The third-order valence-electron chi connectivity index (χ3n) is 2.84. The third-order valence-corrected chi connectivity index (χ3v) is 2.84. The Bertz CT molecular complexity index is 420. The molecule has 1 aromatic carbocycles. The molecule has 0 radical (unpaired) electrons. The number of rotatable bonds is 4. The maximum absolute atomic E-state index is 11.4. The molecule has 18 heavy (non-hydrogen) atoms. The number of ether oxygens (including phenoxy) is 1. The maximum Gasteiger partial charge on any atom is 0.337 e. The van der Waals surface area contributed by atoms with Gasteiger partial charge in [-0.15, -0.1) is 0 Å². The Morgan fingerprint density at radius 3 is 2.17 bits per heavy atom. The maximum atomic E-state index is 11.4. The molecule has 4 nitrogen and oxygen atoms in total. The van der Waals surface area contributed by atoms with Crippen LogP contribution in [0.5, 0.6) is 0 Å². The van der Waals surface area contributed by atoms with Gasteiger partial charge in [0.2, 0.25) is 0 Å². The van der Waals surface area contributed by atoms with Crippen LogP contribution in [0.3, 0.4) is 0 Å². The van der Waals surface area contributed by atoms with Crippen LogP contribution in [-0.2, 0) is 4.74 Å². The van der Waals surface area contributed by atoms with E-state index in [1.54, 1.807) is 12.1 Å². The summed E-state index contributed by atoms with van der Waals surface area (Å²) in [5, 5.41) is 0. The number of hydrogen-bond donors (Lipinski definition) is 1. The molecule has 0 aliphatic carbocycles. The van der Waals surface area contributed by atoms with Crippen LogP contribution in [0, 0.1) is 0 Å². The number of carbonyl (C=O) groups is 1. The van der Waals surface area contributed by atoms with E-state index in [4.69, 9.17) is 5.73 Å². The Morgan fingerprint density at radius 1 is 1.22 bits per heavy atom. The van der Waals surface area contributed by atoms with E-state index in [2.05, 4.69) is 37.3 Å². The number of nitrogens with two attached hydrogens (primary N) is 1. The molecule has 0 spiro atoms. The van der Waals surface area contributed by atoms with E-state index >= 15 is 0 Å². The van der Waals surface area contributed by atoms with Gasteiger partial charge in [0.15, 0.2) is 0 Å². The number of nitrogen functional groups attached to an aromatic ring is 1. The minimum absolute atomic E-state index is 0.344. The summed E-state index contributed by atoms with van der Waals surface area (Å²) in [7, 11) is 1.36. The fourth-order valence-corrected chi connectivity index (χ4v) is 2.19. The SMILES string of the molecule is COC(=O)c1ccc(N(C(C)C)C(C)C)c(N)c1. The lowest BCUT2D eigenvalue weighted by Crippen LogP contribution is -2.37. The summed E-state index contributed by atoms with van der Waals surface area (Å²) in [6.07, 6.45) is 0. The summed E-state index contributed by atoms with van der Waals surface area (Å²) in [5.41, 5.74) is 8.07. The summed E-state index contributed by atoms with van der Waals surface area (Å²) >= 11 is 0. The highest BCUT2D eigenvalue weighted by Gasteiger charge is 2.17. The highest BCUT2D eigenvalue weighted by molar-refractivity contribution is 5.92. The average molecular weight is 250 g/mol. The molecule has 0 atom stereocenters. The smallest absolute Gasteiger partial charge is 0.337 e. The highest BCUT2D eigenvalue weighted by atomic mass is 16.5. The molecule has 0 unspecified atom stereocenters. The van der Waals surface area contributed by atoms with Crippen molar-refractivity contribution in [2.45, 2.75) is 39.8 Å². The number of esters is 1. The fourth-order valence-electron chi connectivity index (χ4n) is 2.19. The molecule has 0 aromatic heterocycles. The van der Waals surface area contributed by atoms with E-state index in [-0.39, 0.29) is 5.97 Å². The van der Waals surface area contributed by atoms with Crippen LogP contribution in [0.2, 0.25) is 0 Å². The second kappa shape index (κ2) is 5.76. The number of nitrogens with zero attached hydrogens (tertiary/aromatic N) is 1. The first-order valence-corrected chi connectivity index (χ1v) is 6.14. The van der Waals surface area contributed by atoms with Crippen molar-refractivity contribution >= 4 is 17.3 Å². The predicted molar refractivity (Wildman–Crippen MR) is 74.9 cm³/mol. The zero-order chi connectivity index (χ0) is 13.9. The molecule has 2 N–H and O–H groups in total. The van der Waals surface area contributed by atoms with Crippen molar-refractivity contribution in [3.05, 3.63) is 23.8 Å². The van der Waals surface area contributed by atoms with Gasteiger partial charge in [0.1, 0.15) is 0 Å². The summed E-state index contributed by atoms with van der Waals surface area (Å²) in [5.74, 6) is -0.367. The van der Waals surface area contributed by atoms with Crippen LogP contribution in [0.25, 0.3) is 0 Å². The van der Waals surface area contributed by atoms with Gasteiger partial charge in [-0.1, -0.05) is 0 Å². The van der Waals surface area contributed by atoms with Crippen LogP contribution in [0.15, 0.2) is 18.2 Å². The van der Waals surface area contributed by atoms with Gasteiger partial charge < -0.3 is 15.4 Å². The molecule has 0 amide bonds.